The number of hydrogen-bond acceptors (Lipinski definition) is 1. The SMILES string of the molecule is CC1(C)CCC(C)(C)c2cc3c(-c4ccccc4)nccc3cc21. The maximum atomic E-state index is 4.71. The summed E-state index contributed by atoms with van der Waals surface area (Å²) < 4.78 is 0. The molecule has 1 heteroatoms. The number of pyridine rings is 1. The molecule has 0 amide bonds. The van der Waals surface area contributed by atoms with E-state index in [2.05, 4.69) is 76.2 Å². The quantitative estimate of drug-likeness (QED) is 0.517. The van der Waals surface area contributed by atoms with Crippen LogP contribution in [0.4, 0.5) is 0 Å². The number of hydrogen-bond donors (Lipinski definition) is 0. The number of fused-ring (bicyclic) bond motifs is 2. The molecule has 24 heavy (non-hydrogen) atoms. The highest BCUT2D eigenvalue weighted by Gasteiger charge is 2.37. The van der Waals surface area contributed by atoms with Gasteiger partial charge in [-0.1, -0.05) is 64.1 Å². The lowest BCUT2D eigenvalue weighted by Gasteiger charge is -2.42. The fraction of sp³-hybridized carbons (Fsp3) is 0.348. The van der Waals surface area contributed by atoms with E-state index in [-0.39, 0.29) is 10.8 Å². The number of aromatic nitrogens is 1. The molecule has 0 saturated carbocycles. The van der Waals surface area contributed by atoms with E-state index in [4.69, 9.17) is 4.98 Å². The lowest BCUT2D eigenvalue weighted by Crippen LogP contribution is -2.33. The van der Waals surface area contributed by atoms with Crippen molar-refractivity contribution in [3.05, 3.63) is 65.9 Å². The number of nitrogens with zero attached hydrogens (tertiary/aromatic N) is 1. The predicted molar refractivity (Wildman–Crippen MR) is 102 cm³/mol. The Bertz CT molecular complexity index is 904. The summed E-state index contributed by atoms with van der Waals surface area (Å²) >= 11 is 0. The molecule has 0 atom stereocenters. The summed E-state index contributed by atoms with van der Waals surface area (Å²) in [6, 6.07) is 17.5. The Morgan fingerprint density at radius 2 is 1.42 bits per heavy atom. The molecule has 1 aliphatic carbocycles. The second-order valence-corrected chi connectivity index (χ2v) is 8.41. The Balaban J connectivity index is 2.04. The molecule has 0 N–H and O–H groups in total. The highest BCUT2D eigenvalue weighted by molar-refractivity contribution is 5.95. The van der Waals surface area contributed by atoms with Gasteiger partial charge in [0.05, 0.1) is 5.69 Å². The van der Waals surface area contributed by atoms with Gasteiger partial charge in [-0.05, 0) is 52.3 Å². The van der Waals surface area contributed by atoms with Crippen molar-refractivity contribution in [1.82, 2.24) is 4.98 Å². The maximum absolute atomic E-state index is 4.71. The molecule has 0 saturated heterocycles. The predicted octanol–water partition coefficient (Wildman–Crippen LogP) is 6.25. The van der Waals surface area contributed by atoms with Crippen LogP contribution in [0.2, 0.25) is 0 Å². The van der Waals surface area contributed by atoms with Crippen molar-refractivity contribution in [2.75, 3.05) is 0 Å². The van der Waals surface area contributed by atoms with Crippen molar-refractivity contribution in [1.29, 1.82) is 0 Å². The van der Waals surface area contributed by atoms with Crippen LogP contribution in [0.3, 0.4) is 0 Å². The van der Waals surface area contributed by atoms with E-state index in [1.54, 1.807) is 0 Å². The zero-order valence-electron chi connectivity index (χ0n) is 15.1. The van der Waals surface area contributed by atoms with Crippen LogP contribution >= 0.6 is 0 Å². The first-order chi connectivity index (χ1) is 11.4. The molecule has 1 aromatic heterocycles. The fourth-order valence-electron chi connectivity index (χ4n) is 4.06. The van der Waals surface area contributed by atoms with Crippen molar-refractivity contribution in [2.45, 2.75) is 51.4 Å². The normalized spacial score (nSPS) is 18.3. The van der Waals surface area contributed by atoms with Crippen LogP contribution in [0.15, 0.2) is 54.7 Å². The second-order valence-electron chi connectivity index (χ2n) is 8.41. The molecule has 3 aromatic rings. The van der Waals surface area contributed by atoms with Gasteiger partial charge in [-0.25, -0.2) is 0 Å². The largest absolute Gasteiger partial charge is 0.256 e. The minimum atomic E-state index is 0.225. The molecule has 0 fully saturated rings. The Kier molecular flexibility index (Phi) is 3.32. The van der Waals surface area contributed by atoms with Gasteiger partial charge in [0.15, 0.2) is 0 Å². The summed E-state index contributed by atoms with van der Waals surface area (Å²) in [6.07, 6.45) is 4.42. The van der Waals surface area contributed by atoms with Gasteiger partial charge in [0, 0.05) is 17.1 Å². The van der Waals surface area contributed by atoms with Gasteiger partial charge in [-0.15, -0.1) is 0 Å². The molecule has 0 radical (unpaired) electrons. The third-order valence-corrected chi connectivity index (χ3v) is 5.78. The number of rotatable bonds is 1. The van der Waals surface area contributed by atoms with E-state index >= 15 is 0 Å². The van der Waals surface area contributed by atoms with Gasteiger partial charge in [0.2, 0.25) is 0 Å². The van der Waals surface area contributed by atoms with Gasteiger partial charge in [-0.3, -0.25) is 4.98 Å². The minimum Gasteiger partial charge on any atom is -0.256 e. The Morgan fingerprint density at radius 1 is 0.792 bits per heavy atom. The van der Waals surface area contributed by atoms with Crippen LogP contribution in [0.1, 0.15) is 51.7 Å². The van der Waals surface area contributed by atoms with Gasteiger partial charge in [0.1, 0.15) is 0 Å². The average molecular weight is 315 g/mol. The van der Waals surface area contributed by atoms with E-state index in [1.807, 2.05) is 6.20 Å². The lowest BCUT2D eigenvalue weighted by molar-refractivity contribution is 0.332. The van der Waals surface area contributed by atoms with Crippen LogP contribution in [-0.2, 0) is 10.8 Å². The third-order valence-electron chi connectivity index (χ3n) is 5.78. The van der Waals surface area contributed by atoms with Gasteiger partial charge in [0.25, 0.3) is 0 Å². The van der Waals surface area contributed by atoms with Gasteiger partial charge < -0.3 is 0 Å². The molecule has 0 spiro atoms. The van der Waals surface area contributed by atoms with Crippen LogP contribution in [0, 0.1) is 0 Å². The van der Waals surface area contributed by atoms with Crippen molar-refractivity contribution < 1.29 is 0 Å². The van der Waals surface area contributed by atoms with E-state index in [9.17, 15) is 0 Å². The molecule has 1 aliphatic rings. The standard InChI is InChI=1S/C23H25N/c1-22(2)11-12-23(3,4)20-15-18-17(14-19(20)22)10-13-24-21(18)16-8-6-5-7-9-16/h5-10,13-15H,11-12H2,1-4H3. The van der Waals surface area contributed by atoms with Crippen LogP contribution < -0.4 is 0 Å². The highest BCUT2D eigenvalue weighted by Crippen LogP contribution is 2.47. The summed E-state index contributed by atoms with van der Waals surface area (Å²) in [7, 11) is 0. The number of benzene rings is 2. The lowest BCUT2D eigenvalue weighted by atomic mass is 9.63. The molecule has 0 bridgehead atoms. The molecule has 0 aliphatic heterocycles. The van der Waals surface area contributed by atoms with Crippen LogP contribution in [-0.4, -0.2) is 4.98 Å². The molecule has 4 rings (SSSR count). The monoisotopic (exact) mass is 315 g/mol. The Morgan fingerprint density at radius 3 is 2.08 bits per heavy atom. The van der Waals surface area contributed by atoms with E-state index in [0.717, 1.165) is 5.69 Å². The fourth-order valence-corrected chi connectivity index (χ4v) is 4.06. The van der Waals surface area contributed by atoms with Crippen LogP contribution in [0.5, 0.6) is 0 Å². The molecular weight excluding hydrogens is 290 g/mol. The van der Waals surface area contributed by atoms with E-state index < -0.39 is 0 Å². The maximum Gasteiger partial charge on any atom is 0.0780 e. The highest BCUT2D eigenvalue weighted by atomic mass is 14.7. The zero-order valence-corrected chi connectivity index (χ0v) is 15.1. The molecular formula is C23H25N. The third kappa shape index (κ3) is 2.34. The second kappa shape index (κ2) is 5.17. The Labute approximate surface area is 144 Å². The van der Waals surface area contributed by atoms with Crippen molar-refractivity contribution in [3.63, 3.8) is 0 Å². The average Bonchev–Trinajstić information content (AvgIpc) is 2.58. The summed E-state index contributed by atoms with van der Waals surface area (Å²) in [5, 5.41) is 2.57. The van der Waals surface area contributed by atoms with E-state index in [1.165, 1.54) is 40.3 Å². The Hall–Kier alpha value is -2.15. The van der Waals surface area contributed by atoms with E-state index in [0.29, 0.717) is 0 Å². The topological polar surface area (TPSA) is 12.9 Å². The summed E-state index contributed by atoms with van der Waals surface area (Å²) in [5.41, 5.74) is 5.76. The van der Waals surface area contributed by atoms with Gasteiger partial charge >= 0.3 is 0 Å². The van der Waals surface area contributed by atoms with Crippen LogP contribution in [0.25, 0.3) is 22.0 Å². The first kappa shape index (κ1) is 15.4. The molecule has 2 aromatic carbocycles. The summed E-state index contributed by atoms with van der Waals surface area (Å²) in [6.45, 7) is 9.52. The minimum absolute atomic E-state index is 0.225. The first-order valence-electron chi connectivity index (χ1n) is 8.88. The molecule has 1 heterocycles. The van der Waals surface area contributed by atoms with Crippen molar-refractivity contribution in [2.24, 2.45) is 0 Å². The zero-order chi connectivity index (χ0) is 16.9. The smallest absolute Gasteiger partial charge is 0.0780 e. The van der Waals surface area contributed by atoms with Crippen molar-refractivity contribution in [3.8, 4) is 11.3 Å². The summed E-state index contributed by atoms with van der Waals surface area (Å²) in [5.74, 6) is 0. The van der Waals surface area contributed by atoms with Gasteiger partial charge in [-0.2, -0.15) is 0 Å². The summed E-state index contributed by atoms with van der Waals surface area (Å²) in [4.78, 5) is 4.71. The molecule has 122 valence electrons. The molecule has 1 nitrogen and oxygen atoms in total. The first-order valence-corrected chi connectivity index (χ1v) is 8.88. The molecule has 0 unspecified atom stereocenters. The van der Waals surface area contributed by atoms with Crippen molar-refractivity contribution >= 4 is 10.8 Å².